The van der Waals surface area contributed by atoms with Gasteiger partial charge < -0.3 is 10.2 Å². The lowest BCUT2D eigenvalue weighted by Gasteiger charge is -2.22. The summed E-state index contributed by atoms with van der Waals surface area (Å²) in [4.78, 5) is 20.8. The molecule has 1 aliphatic heterocycles. The molecular weight excluding hydrogens is 234 g/mol. The van der Waals surface area contributed by atoms with Crippen molar-refractivity contribution < 1.29 is 4.92 Å². The number of nitrogens with zero attached hydrogens (tertiary/aromatic N) is 4. The van der Waals surface area contributed by atoms with E-state index in [1.807, 2.05) is 4.90 Å². The van der Waals surface area contributed by atoms with Crippen LogP contribution < -0.4 is 10.2 Å². The molecule has 2 rings (SSSR count). The Labute approximate surface area is 105 Å². The Kier molecular flexibility index (Phi) is 3.31. The van der Waals surface area contributed by atoms with Crippen molar-refractivity contribution in [1.82, 2.24) is 9.97 Å². The van der Waals surface area contributed by atoms with E-state index in [1.165, 1.54) is 6.20 Å². The average Bonchev–Trinajstić information content (AvgIpc) is 2.67. The lowest BCUT2D eigenvalue weighted by molar-refractivity contribution is -0.384. The first kappa shape index (κ1) is 12.5. The number of anilines is 2. The highest BCUT2D eigenvalue weighted by atomic mass is 16.6. The van der Waals surface area contributed by atoms with Crippen molar-refractivity contribution in [3.63, 3.8) is 0 Å². The molecular formula is C11H17N5O2. The Bertz CT molecular complexity index is 465. The molecule has 2 unspecified atom stereocenters. The van der Waals surface area contributed by atoms with Gasteiger partial charge in [-0.05, 0) is 19.3 Å². The summed E-state index contributed by atoms with van der Waals surface area (Å²) in [6.07, 6.45) is 2.29. The Morgan fingerprint density at radius 2 is 2.28 bits per heavy atom. The van der Waals surface area contributed by atoms with E-state index in [4.69, 9.17) is 0 Å². The Morgan fingerprint density at radius 3 is 2.78 bits per heavy atom. The molecule has 0 aromatic carbocycles. The van der Waals surface area contributed by atoms with E-state index in [2.05, 4.69) is 29.1 Å². The monoisotopic (exact) mass is 251 g/mol. The van der Waals surface area contributed by atoms with E-state index >= 15 is 0 Å². The minimum Gasteiger partial charge on any atom is -0.357 e. The zero-order valence-electron chi connectivity index (χ0n) is 10.8. The number of aromatic nitrogens is 2. The van der Waals surface area contributed by atoms with Crippen molar-refractivity contribution in [1.29, 1.82) is 0 Å². The average molecular weight is 251 g/mol. The fraction of sp³-hybridized carbons (Fsp3) is 0.636. The summed E-state index contributed by atoms with van der Waals surface area (Å²) in [6, 6.07) is 0.262. The first-order valence-corrected chi connectivity index (χ1v) is 5.98. The highest BCUT2D eigenvalue weighted by molar-refractivity contribution is 5.60. The van der Waals surface area contributed by atoms with E-state index in [-0.39, 0.29) is 11.7 Å². The van der Waals surface area contributed by atoms with E-state index in [0.29, 0.717) is 17.7 Å². The summed E-state index contributed by atoms with van der Waals surface area (Å²) in [5.41, 5.74) is -0.0325. The van der Waals surface area contributed by atoms with Gasteiger partial charge in [0.25, 0.3) is 0 Å². The van der Waals surface area contributed by atoms with Gasteiger partial charge in [-0.25, -0.2) is 4.98 Å². The van der Waals surface area contributed by atoms with Crippen molar-refractivity contribution in [2.75, 3.05) is 23.8 Å². The Balaban J connectivity index is 2.43. The van der Waals surface area contributed by atoms with Gasteiger partial charge in [-0.3, -0.25) is 10.1 Å². The van der Waals surface area contributed by atoms with Gasteiger partial charge in [0.2, 0.25) is 11.8 Å². The zero-order valence-corrected chi connectivity index (χ0v) is 10.8. The van der Waals surface area contributed by atoms with Gasteiger partial charge in [-0.1, -0.05) is 6.92 Å². The number of rotatable bonds is 3. The molecule has 1 aliphatic rings. The number of hydrogen-bond acceptors (Lipinski definition) is 6. The van der Waals surface area contributed by atoms with Crippen LogP contribution in [0.25, 0.3) is 0 Å². The van der Waals surface area contributed by atoms with Crippen molar-refractivity contribution in [2.24, 2.45) is 5.92 Å². The summed E-state index contributed by atoms with van der Waals surface area (Å²) in [6.45, 7) is 5.00. The van der Waals surface area contributed by atoms with Crippen LogP contribution in [0.1, 0.15) is 20.3 Å². The second-order valence-electron chi connectivity index (χ2n) is 4.75. The van der Waals surface area contributed by atoms with Gasteiger partial charge in [-0.2, -0.15) is 4.98 Å². The van der Waals surface area contributed by atoms with Crippen LogP contribution in [0.4, 0.5) is 17.5 Å². The molecule has 2 atom stereocenters. The van der Waals surface area contributed by atoms with Crippen LogP contribution in [-0.2, 0) is 0 Å². The molecule has 1 saturated heterocycles. The molecule has 18 heavy (non-hydrogen) atoms. The van der Waals surface area contributed by atoms with E-state index < -0.39 is 4.92 Å². The summed E-state index contributed by atoms with van der Waals surface area (Å²) in [5.74, 6) is 1.34. The van der Waals surface area contributed by atoms with E-state index in [9.17, 15) is 10.1 Å². The molecule has 0 amide bonds. The van der Waals surface area contributed by atoms with Gasteiger partial charge in [0.1, 0.15) is 6.20 Å². The Hall–Kier alpha value is -1.92. The van der Waals surface area contributed by atoms with Gasteiger partial charge in [0.05, 0.1) is 4.92 Å². The molecule has 0 aliphatic carbocycles. The summed E-state index contributed by atoms with van der Waals surface area (Å²) >= 11 is 0. The predicted molar refractivity (Wildman–Crippen MR) is 68.8 cm³/mol. The standard InChI is InChI=1S/C11H17N5O2/c1-7-4-8(2)15(6-7)10-9(16(17)18)5-13-11(12-3)14-10/h5,7-8H,4,6H2,1-3H3,(H,12,13,14). The maximum absolute atomic E-state index is 11.0. The van der Waals surface area contributed by atoms with Gasteiger partial charge in [0, 0.05) is 19.6 Å². The first-order valence-electron chi connectivity index (χ1n) is 5.98. The normalized spacial score (nSPS) is 23.2. The first-order chi connectivity index (χ1) is 8.52. The zero-order chi connectivity index (χ0) is 13.3. The van der Waals surface area contributed by atoms with Crippen molar-refractivity contribution >= 4 is 17.5 Å². The number of nitrogens with one attached hydrogen (secondary N) is 1. The molecule has 2 heterocycles. The molecule has 7 nitrogen and oxygen atoms in total. The Morgan fingerprint density at radius 1 is 1.56 bits per heavy atom. The van der Waals surface area contributed by atoms with Crippen LogP contribution in [0.15, 0.2) is 6.20 Å². The summed E-state index contributed by atoms with van der Waals surface area (Å²) in [7, 11) is 1.70. The van der Waals surface area contributed by atoms with Crippen LogP contribution in [-0.4, -0.2) is 34.5 Å². The van der Waals surface area contributed by atoms with Crippen LogP contribution in [0.2, 0.25) is 0 Å². The van der Waals surface area contributed by atoms with Crippen LogP contribution in [0.5, 0.6) is 0 Å². The predicted octanol–water partition coefficient (Wildman–Crippen LogP) is 1.66. The van der Waals surface area contributed by atoms with Gasteiger partial charge >= 0.3 is 5.69 Å². The topological polar surface area (TPSA) is 84.2 Å². The van der Waals surface area contributed by atoms with Crippen LogP contribution >= 0.6 is 0 Å². The molecule has 0 saturated carbocycles. The van der Waals surface area contributed by atoms with Crippen LogP contribution in [0, 0.1) is 16.0 Å². The number of hydrogen-bond donors (Lipinski definition) is 1. The fourth-order valence-corrected chi connectivity index (χ4v) is 2.42. The smallest absolute Gasteiger partial charge is 0.329 e. The maximum Gasteiger partial charge on any atom is 0.329 e. The summed E-state index contributed by atoms with van der Waals surface area (Å²) in [5, 5.41) is 13.9. The molecule has 1 aromatic heterocycles. The maximum atomic E-state index is 11.0. The molecule has 0 radical (unpaired) electrons. The van der Waals surface area contributed by atoms with Gasteiger partial charge in [-0.15, -0.1) is 0 Å². The second-order valence-corrected chi connectivity index (χ2v) is 4.75. The second kappa shape index (κ2) is 4.75. The van der Waals surface area contributed by atoms with Crippen molar-refractivity contribution in [3.05, 3.63) is 16.3 Å². The highest BCUT2D eigenvalue weighted by Crippen LogP contribution is 2.33. The third-order valence-electron chi connectivity index (χ3n) is 3.23. The van der Waals surface area contributed by atoms with E-state index in [0.717, 1.165) is 13.0 Å². The summed E-state index contributed by atoms with van der Waals surface area (Å²) < 4.78 is 0. The molecule has 0 spiro atoms. The molecule has 98 valence electrons. The number of nitro groups is 1. The third kappa shape index (κ3) is 2.20. The highest BCUT2D eigenvalue weighted by Gasteiger charge is 2.32. The largest absolute Gasteiger partial charge is 0.357 e. The molecule has 1 fully saturated rings. The minimum absolute atomic E-state index is 0.0325. The SMILES string of the molecule is CNc1ncc([N+](=O)[O-])c(N2CC(C)CC2C)n1. The quantitative estimate of drug-likeness (QED) is 0.649. The van der Waals surface area contributed by atoms with E-state index in [1.54, 1.807) is 7.05 Å². The minimum atomic E-state index is -0.426. The van der Waals surface area contributed by atoms with Gasteiger partial charge in [0.15, 0.2) is 0 Å². The lowest BCUT2D eigenvalue weighted by Crippen LogP contribution is -2.28. The lowest BCUT2D eigenvalue weighted by atomic mass is 10.1. The fourth-order valence-electron chi connectivity index (χ4n) is 2.42. The van der Waals surface area contributed by atoms with Crippen molar-refractivity contribution in [3.8, 4) is 0 Å². The van der Waals surface area contributed by atoms with Crippen molar-refractivity contribution in [2.45, 2.75) is 26.3 Å². The molecule has 7 heteroatoms. The third-order valence-corrected chi connectivity index (χ3v) is 3.23. The molecule has 0 bridgehead atoms. The van der Waals surface area contributed by atoms with Crippen LogP contribution in [0.3, 0.4) is 0 Å². The molecule has 1 aromatic rings. The molecule has 1 N–H and O–H groups in total.